The Kier molecular flexibility index (Phi) is 5.86. The van der Waals surface area contributed by atoms with Crippen molar-refractivity contribution in [3.63, 3.8) is 0 Å². The highest BCUT2D eigenvalue weighted by atomic mass is 32.1. The molecule has 2 aliphatic rings. The van der Waals surface area contributed by atoms with Crippen LogP contribution in [-0.2, 0) is 21.7 Å². The molecule has 0 bridgehead atoms. The number of ether oxygens (including phenoxy) is 1. The number of guanidine groups is 1. The van der Waals surface area contributed by atoms with E-state index in [9.17, 15) is 14.9 Å². The SMILES string of the molecule is CN1C(=N)NC2(c3ccc(-c4cc(N)cc(C#N)c4)s3)CN(C(=O)OCc3ccccc3)CC2C1=O. The number of likely N-dealkylation sites (tertiary alicyclic amines) is 1. The van der Waals surface area contributed by atoms with Gasteiger partial charge in [-0.05, 0) is 41.5 Å². The molecule has 3 aromatic rings. The first-order chi connectivity index (χ1) is 17.3. The maximum absolute atomic E-state index is 13.3. The van der Waals surface area contributed by atoms with Gasteiger partial charge in [-0.25, -0.2) is 4.79 Å². The predicted octanol–water partition coefficient (Wildman–Crippen LogP) is 3.33. The van der Waals surface area contributed by atoms with Gasteiger partial charge in [0, 0.05) is 29.0 Å². The number of anilines is 1. The average Bonchev–Trinajstić information content (AvgIpc) is 3.53. The standard InChI is InChI=1S/C26H24N6O3S/c1-31-23(33)20-13-32(25(34)35-14-16-5-3-2-4-6-16)15-26(20,30-24(31)29)22-8-7-21(36-22)18-9-17(12-27)10-19(28)11-18/h2-11,20H,13-15,28H2,1H3,(H2,29,30). The van der Waals surface area contributed by atoms with E-state index in [0.29, 0.717) is 11.3 Å². The third-order valence-corrected chi connectivity index (χ3v) is 7.93. The number of nitriles is 1. The molecule has 9 nitrogen and oxygen atoms in total. The third kappa shape index (κ3) is 4.03. The molecule has 5 rings (SSSR count). The Labute approximate surface area is 212 Å². The summed E-state index contributed by atoms with van der Waals surface area (Å²) in [5.41, 5.74) is 7.62. The maximum Gasteiger partial charge on any atom is 0.410 e. The summed E-state index contributed by atoms with van der Waals surface area (Å²) >= 11 is 1.44. The number of nitrogen functional groups attached to an aromatic ring is 1. The number of hydrogen-bond acceptors (Lipinski definition) is 7. The molecular formula is C26H24N6O3S. The fourth-order valence-corrected chi connectivity index (χ4v) is 5.94. The second-order valence-electron chi connectivity index (χ2n) is 8.93. The number of amides is 2. The van der Waals surface area contributed by atoms with Gasteiger partial charge in [0.05, 0.1) is 24.1 Å². The number of nitrogens with two attached hydrogens (primary N) is 1. The molecule has 10 heteroatoms. The second kappa shape index (κ2) is 9.02. The molecule has 0 spiro atoms. The molecule has 36 heavy (non-hydrogen) atoms. The Hall–Kier alpha value is -4.36. The van der Waals surface area contributed by atoms with Crippen LogP contribution in [0.1, 0.15) is 16.0 Å². The van der Waals surface area contributed by atoms with Crippen LogP contribution in [0.3, 0.4) is 0 Å². The minimum Gasteiger partial charge on any atom is -0.445 e. The van der Waals surface area contributed by atoms with Crippen molar-refractivity contribution in [2.45, 2.75) is 12.1 Å². The van der Waals surface area contributed by atoms with Crippen LogP contribution in [-0.4, -0.2) is 47.9 Å². The fourth-order valence-electron chi connectivity index (χ4n) is 4.76. The summed E-state index contributed by atoms with van der Waals surface area (Å²) in [4.78, 5) is 30.7. The Morgan fingerprint density at radius 2 is 2.06 bits per heavy atom. The Morgan fingerprint density at radius 1 is 1.28 bits per heavy atom. The van der Waals surface area contributed by atoms with Gasteiger partial charge in [0.1, 0.15) is 12.1 Å². The lowest BCUT2D eigenvalue weighted by Crippen LogP contribution is -2.64. The van der Waals surface area contributed by atoms with E-state index in [1.807, 2.05) is 42.5 Å². The first kappa shape index (κ1) is 23.4. The molecule has 2 aliphatic heterocycles. The summed E-state index contributed by atoms with van der Waals surface area (Å²) in [6.07, 6.45) is -0.511. The van der Waals surface area contributed by atoms with Crippen molar-refractivity contribution in [3.05, 3.63) is 76.7 Å². The largest absolute Gasteiger partial charge is 0.445 e. The normalized spacial score (nSPS) is 21.1. The van der Waals surface area contributed by atoms with Crippen LogP contribution in [0.2, 0.25) is 0 Å². The molecule has 2 unspecified atom stereocenters. The number of carbonyl (C=O) groups excluding carboxylic acids is 2. The molecule has 1 aromatic heterocycles. The molecule has 0 aliphatic carbocycles. The van der Waals surface area contributed by atoms with E-state index in [1.54, 1.807) is 25.2 Å². The van der Waals surface area contributed by atoms with E-state index in [0.717, 1.165) is 20.9 Å². The lowest BCUT2D eigenvalue weighted by Gasteiger charge is -2.42. The number of carbonyl (C=O) groups is 2. The van der Waals surface area contributed by atoms with E-state index >= 15 is 0 Å². The highest BCUT2D eigenvalue weighted by molar-refractivity contribution is 7.15. The molecule has 2 aromatic carbocycles. The Morgan fingerprint density at radius 3 is 2.81 bits per heavy atom. The first-order valence-electron chi connectivity index (χ1n) is 11.3. The zero-order chi connectivity index (χ0) is 25.4. The Balaban J connectivity index is 1.46. The maximum atomic E-state index is 13.3. The molecule has 2 saturated heterocycles. The van der Waals surface area contributed by atoms with Gasteiger partial charge in [0.2, 0.25) is 5.91 Å². The van der Waals surface area contributed by atoms with Gasteiger partial charge < -0.3 is 20.7 Å². The lowest BCUT2D eigenvalue weighted by molar-refractivity contribution is -0.134. The highest BCUT2D eigenvalue weighted by Gasteiger charge is 2.58. The smallest absolute Gasteiger partial charge is 0.410 e. The molecule has 182 valence electrons. The Bertz CT molecular complexity index is 1400. The van der Waals surface area contributed by atoms with E-state index in [1.165, 1.54) is 21.1 Å². The van der Waals surface area contributed by atoms with Gasteiger partial charge in [-0.2, -0.15) is 5.26 Å². The van der Waals surface area contributed by atoms with Crippen molar-refractivity contribution < 1.29 is 14.3 Å². The van der Waals surface area contributed by atoms with Gasteiger partial charge in [-0.15, -0.1) is 11.3 Å². The molecule has 0 radical (unpaired) electrons. The van der Waals surface area contributed by atoms with Crippen molar-refractivity contribution in [3.8, 4) is 16.5 Å². The number of hydrogen-bond donors (Lipinski definition) is 3. The minimum atomic E-state index is -0.965. The third-order valence-electron chi connectivity index (χ3n) is 6.62. The lowest BCUT2D eigenvalue weighted by atomic mass is 9.83. The van der Waals surface area contributed by atoms with E-state index in [-0.39, 0.29) is 31.6 Å². The van der Waals surface area contributed by atoms with Crippen molar-refractivity contribution in [2.75, 3.05) is 25.9 Å². The topological polar surface area (TPSA) is 136 Å². The van der Waals surface area contributed by atoms with Crippen LogP contribution in [0.25, 0.3) is 10.4 Å². The number of thiophene rings is 1. The quantitative estimate of drug-likeness (QED) is 0.470. The summed E-state index contributed by atoms with van der Waals surface area (Å²) in [6, 6.07) is 20.5. The van der Waals surface area contributed by atoms with E-state index in [4.69, 9.17) is 15.9 Å². The number of rotatable bonds is 4. The number of nitrogens with zero attached hydrogens (tertiary/aromatic N) is 3. The van der Waals surface area contributed by atoms with Crippen LogP contribution in [0, 0.1) is 22.7 Å². The zero-order valence-corrected chi connectivity index (χ0v) is 20.3. The number of benzene rings is 2. The van der Waals surface area contributed by atoms with Crippen LogP contribution >= 0.6 is 11.3 Å². The number of fused-ring (bicyclic) bond motifs is 1. The predicted molar refractivity (Wildman–Crippen MR) is 136 cm³/mol. The molecule has 4 N–H and O–H groups in total. The summed E-state index contributed by atoms with van der Waals surface area (Å²) in [6.45, 7) is 0.472. The highest BCUT2D eigenvalue weighted by Crippen LogP contribution is 2.45. The van der Waals surface area contributed by atoms with Gasteiger partial charge in [-0.1, -0.05) is 30.3 Å². The molecule has 2 atom stereocenters. The monoisotopic (exact) mass is 500 g/mol. The van der Waals surface area contributed by atoms with Gasteiger partial charge >= 0.3 is 6.09 Å². The molecule has 0 saturated carbocycles. The fraction of sp³-hybridized carbons (Fsp3) is 0.231. The van der Waals surface area contributed by atoms with Crippen LogP contribution in [0.15, 0.2) is 60.7 Å². The van der Waals surface area contributed by atoms with Crippen LogP contribution < -0.4 is 11.1 Å². The molecular weight excluding hydrogens is 476 g/mol. The van der Waals surface area contributed by atoms with Gasteiger partial charge in [-0.3, -0.25) is 15.1 Å². The van der Waals surface area contributed by atoms with Crippen molar-refractivity contribution in [2.24, 2.45) is 5.92 Å². The van der Waals surface area contributed by atoms with Crippen molar-refractivity contribution in [1.29, 1.82) is 10.7 Å². The summed E-state index contributed by atoms with van der Waals surface area (Å²) in [7, 11) is 1.55. The van der Waals surface area contributed by atoms with Crippen molar-refractivity contribution in [1.82, 2.24) is 15.1 Å². The first-order valence-corrected chi connectivity index (χ1v) is 12.1. The summed E-state index contributed by atoms with van der Waals surface area (Å²) in [5.74, 6) is -0.855. The molecule has 2 fully saturated rings. The average molecular weight is 501 g/mol. The van der Waals surface area contributed by atoms with Crippen molar-refractivity contribution >= 4 is 35.0 Å². The zero-order valence-electron chi connectivity index (χ0n) is 19.5. The van der Waals surface area contributed by atoms with Gasteiger partial charge in [0.15, 0.2) is 5.96 Å². The summed E-state index contributed by atoms with van der Waals surface area (Å²) < 4.78 is 5.54. The van der Waals surface area contributed by atoms with E-state index < -0.39 is 17.6 Å². The molecule has 3 heterocycles. The second-order valence-corrected chi connectivity index (χ2v) is 10.0. The van der Waals surface area contributed by atoms with Crippen LogP contribution in [0.5, 0.6) is 0 Å². The minimum absolute atomic E-state index is 0.0265. The van der Waals surface area contributed by atoms with Crippen LogP contribution in [0.4, 0.5) is 10.5 Å². The van der Waals surface area contributed by atoms with Gasteiger partial charge in [0.25, 0.3) is 0 Å². The number of nitrogens with one attached hydrogen (secondary N) is 2. The van der Waals surface area contributed by atoms with E-state index in [2.05, 4.69) is 11.4 Å². The summed E-state index contributed by atoms with van der Waals surface area (Å²) in [5, 5.41) is 20.9. The molecule has 2 amide bonds.